The van der Waals surface area contributed by atoms with Gasteiger partial charge < -0.3 is 0 Å². The molecule has 0 unspecified atom stereocenters. The molecule has 0 radical (unpaired) electrons. The van der Waals surface area contributed by atoms with E-state index in [1.54, 1.807) is 23.9 Å². The zero-order valence-corrected chi connectivity index (χ0v) is 8.62. The van der Waals surface area contributed by atoms with Gasteiger partial charge in [0.2, 0.25) is 0 Å². The number of aryl methyl sites for hydroxylation is 1. The molecule has 0 spiro atoms. The Morgan fingerprint density at radius 2 is 2.27 bits per heavy atom. The topological polar surface area (TPSA) is 34.9 Å². The van der Waals surface area contributed by atoms with Gasteiger partial charge in [-0.25, -0.2) is 4.39 Å². The van der Waals surface area contributed by atoms with Gasteiger partial charge in [0.15, 0.2) is 0 Å². The van der Waals surface area contributed by atoms with Crippen molar-refractivity contribution in [3.05, 3.63) is 29.7 Å². The van der Waals surface area contributed by atoms with Gasteiger partial charge in [0.05, 0.1) is 17.1 Å². The minimum absolute atomic E-state index is 0.0443. The fraction of sp³-hybridized carbons (Fsp3) is 0.273. The van der Waals surface area contributed by atoms with Crippen molar-refractivity contribution in [2.24, 2.45) is 7.05 Å². The number of carbonyl (C=O) groups excluding carboxylic acids is 1. The van der Waals surface area contributed by atoms with Crippen molar-refractivity contribution in [3.63, 3.8) is 0 Å². The van der Waals surface area contributed by atoms with Crippen molar-refractivity contribution in [1.29, 1.82) is 0 Å². The minimum atomic E-state index is -0.337. The van der Waals surface area contributed by atoms with Gasteiger partial charge in [0, 0.05) is 13.5 Å². The molecule has 0 N–H and O–H groups in total. The molecular weight excluding hydrogens is 195 g/mol. The van der Waals surface area contributed by atoms with Crippen molar-refractivity contribution in [2.45, 2.75) is 13.3 Å². The fourth-order valence-corrected chi connectivity index (χ4v) is 1.64. The van der Waals surface area contributed by atoms with Crippen LogP contribution in [0.25, 0.3) is 10.9 Å². The molecule has 1 aromatic heterocycles. The molecule has 0 aliphatic carbocycles. The molecule has 2 rings (SSSR count). The van der Waals surface area contributed by atoms with Crippen LogP contribution in [0.15, 0.2) is 18.3 Å². The average Bonchev–Trinajstić information content (AvgIpc) is 2.53. The summed E-state index contributed by atoms with van der Waals surface area (Å²) in [4.78, 5) is 10.9. The lowest BCUT2D eigenvalue weighted by Crippen LogP contribution is -1.99. The molecular formula is C11H11FN2O. The zero-order valence-electron chi connectivity index (χ0n) is 8.62. The van der Waals surface area contributed by atoms with Gasteiger partial charge >= 0.3 is 0 Å². The van der Waals surface area contributed by atoms with Gasteiger partial charge in [-0.15, -0.1) is 0 Å². The number of hydrogen-bond acceptors (Lipinski definition) is 2. The zero-order chi connectivity index (χ0) is 11.0. The van der Waals surface area contributed by atoms with Crippen LogP contribution >= 0.6 is 0 Å². The smallest absolute Gasteiger partial charge is 0.137 e. The van der Waals surface area contributed by atoms with E-state index in [-0.39, 0.29) is 18.0 Å². The first-order chi connectivity index (χ1) is 7.09. The molecule has 15 heavy (non-hydrogen) atoms. The van der Waals surface area contributed by atoms with Crippen LogP contribution in [0, 0.1) is 5.82 Å². The molecule has 0 aliphatic rings. The number of benzene rings is 1. The van der Waals surface area contributed by atoms with Crippen molar-refractivity contribution >= 4 is 16.7 Å². The quantitative estimate of drug-likeness (QED) is 0.751. The third kappa shape index (κ3) is 1.63. The predicted octanol–water partition coefficient (Wildman–Crippen LogP) is 1.84. The van der Waals surface area contributed by atoms with E-state index in [1.807, 2.05) is 0 Å². The normalized spacial score (nSPS) is 10.9. The number of ketones is 1. The molecule has 4 heteroatoms. The molecule has 0 amide bonds. The van der Waals surface area contributed by atoms with Gasteiger partial charge in [-0.05, 0) is 18.6 Å². The maximum atomic E-state index is 13.8. The molecule has 3 nitrogen and oxygen atoms in total. The highest BCUT2D eigenvalue weighted by Gasteiger charge is 2.11. The van der Waals surface area contributed by atoms with E-state index >= 15 is 0 Å². The average molecular weight is 206 g/mol. The van der Waals surface area contributed by atoms with Gasteiger partial charge in [0.1, 0.15) is 11.6 Å². The SMILES string of the molecule is CC(=O)Cc1ccc2c(cnn2C)c1F. The third-order valence-corrected chi connectivity index (χ3v) is 2.38. The number of Topliss-reactive ketones (excluding diaryl/α,β-unsaturated/α-hetero) is 1. The summed E-state index contributed by atoms with van der Waals surface area (Å²) in [5.74, 6) is -0.382. The van der Waals surface area contributed by atoms with Crippen molar-refractivity contribution in [1.82, 2.24) is 9.78 Å². The van der Waals surface area contributed by atoms with E-state index in [4.69, 9.17) is 0 Å². The van der Waals surface area contributed by atoms with Crippen molar-refractivity contribution in [2.75, 3.05) is 0 Å². The summed E-state index contributed by atoms with van der Waals surface area (Å²) in [5, 5.41) is 4.44. The van der Waals surface area contributed by atoms with Crippen LogP contribution in [-0.4, -0.2) is 15.6 Å². The lowest BCUT2D eigenvalue weighted by molar-refractivity contribution is -0.116. The second kappa shape index (κ2) is 3.46. The Bertz CT molecular complexity index is 531. The summed E-state index contributed by atoms with van der Waals surface area (Å²) in [6.07, 6.45) is 1.62. The van der Waals surface area contributed by atoms with E-state index in [0.717, 1.165) is 5.52 Å². The number of rotatable bonds is 2. The summed E-state index contributed by atoms with van der Waals surface area (Å²) in [6, 6.07) is 3.42. The monoisotopic (exact) mass is 206 g/mol. The first-order valence-electron chi connectivity index (χ1n) is 4.68. The van der Waals surface area contributed by atoms with E-state index in [1.165, 1.54) is 13.1 Å². The molecule has 1 heterocycles. The molecule has 0 atom stereocenters. The summed E-state index contributed by atoms with van der Waals surface area (Å²) in [7, 11) is 1.76. The van der Waals surface area contributed by atoms with Crippen LogP contribution in [0.4, 0.5) is 4.39 Å². The number of aromatic nitrogens is 2. The molecule has 0 saturated heterocycles. The second-order valence-corrected chi connectivity index (χ2v) is 3.62. The first kappa shape index (κ1) is 9.83. The molecule has 0 aliphatic heterocycles. The molecule has 2 aromatic rings. The second-order valence-electron chi connectivity index (χ2n) is 3.62. The Morgan fingerprint density at radius 1 is 1.53 bits per heavy atom. The third-order valence-electron chi connectivity index (χ3n) is 2.38. The Hall–Kier alpha value is -1.71. The van der Waals surface area contributed by atoms with Crippen LogP contribution in [0.5, 0.6) is 0 Å². The van der Waals surface area contributed by atoms with Crippen molar-refractivity contribution < 1.29 is 9.18 Å². The van der Waals surface area contributed by atoms with Gasteiger partial charge in [-0.2, -0.15) is 5.10 Å². The minimum Gasteiger partial charge on any atom is -0.300 e. The van der Waals surface area contributed by atoms with Crippen LogP contribution in [0.3, 0.4) is 0 Å². The number of nitrogens with zero attached hydrogens (tertiary/aromatic N) is 2. The number of carbonyl (C=O) groups is 1. The van der Waals surface area contributed by atoms with Crippen molar-refractivity contribution in [3.8, 4) is 0 Å². The largest absolute Gasteiger partial charge is 0.300 e. The van der Waals surface area contributed by atoms with Crippen LogP contribution in [0.1, 0.15) is 12.5 Å². The Kier molecular flexibility index (Phi) is 2.26. The lowest BCUT2D eigenvalue weighted by atomic mass is 10.1. The summed E-state index contributed by atoms with van der Waals surface area (Å²) in [6.45, 7) is 1.45. The molecule has 1 aromatic carbocycles. The highest BCUT2D eigenvalue weighted by Crippen LogP contribution is 2.20. The Morgan fingerprint density at radius 3 is 2.93 bits per heavy atom. The van der Waals surface area contributed by atoms with E-state index in [2.05, 4.69) is 5.10 Å². The Balaban J connectivity index is 2.60. The Labute approximate surface area is 86.5 Å². The predicted molar refractivity (Wildman–Crippen MR) is 55.1 cm³/mol. The molecule has 0 saturated carbocycles. The standard InChI is InChI=1S/C11H11FN2O/c1-7(15)5-8-3-4-10-9(11(8)12)6-13-14(10)2/h3-4,6H,5H2,1-2H3. The van der Waals surface area contributed by atoms with E-state index in [0.29, 0.717) is 10.9 Å². The highest BCUT2D eigenvalue weighted by molar-refractivity contribution is 5.83. The first-order valence-corrected chi connectivity index (χ1v) is 4.68. The summed E-state index contributed by atoms with van der Waals surface area (Å²) in [5.41, 5.74) is 1.17. The van der Waals surface area contributed by atoms with Crippen LogP contribution < -0.4 is 0 Å². The lowest BCUT2D eigenvalue weighted by Gasteiger charge is -2.01. The van der Waals surface area contributed by atoms with E-state index in [9.17, 15) is 9.18 Å². The molecule has 0 fully saturated rings. The molecule has 0 bridgehead atoms. The summed E-state index contributed by atoms with van der Waals surface area (Å²) < 4.78 is 15.4. The van der Waals surface area contributed by atoms with Gasteiger partial charge in [-0.1, -0.05) is 6.07 Å². The maximum Gasteiger partial charge on any atom is 0.137 e. The highest BCUT2D eigenvalue weighted by atomic mass is 19.1. The van der Waals surface area contributed by atoms with Crippen LogP contribution in [-0.2, 0) is 18.3 Å². The number of hydrogen-bond donors (Lipinski definition) is 0. The maximum absolute atomic E-state index is 13.8. The van der Waals surface area contributed by atoms with Gasteiger partial charge in [-0.3, -0.25) is 9.48 Å². The van der Waals surface area contributed by atoms with Crippen LogP contribution in [0.2, 0.25) is 0 Å². The summed E-state index contributed by atoms with van der Waals surface area (Å²) >= 11 is 0. The fourth-order valence-electron chi connectivity index (χ4n) is 1.64. The number of fused-ring (bicyclic) bond motifs is 1. The number of halogens is 1. The van der Waals surface area contributed by atoms with E-state index < -0.39 is 0 Å². The molecule has 78 valence electrons. The van der Waals surface area contributed by atoms with Gasteiger partial charge in [0.25, 0.3) is 0 Å².